The van der Waals surface area contributed by atoms with Gasteiger partial charge >= 0.3 is 0 Å². The molecule has 84 valence electrons. The Morgan fingerprint density at radius 3 is 3.06 bits per heavy atom. The number of imidazole rings is 1. The topological polar surface area (TPSA) is 73.3 Å². The first kappa shape index (κ1) is 9.91. The van der Waals surface area contributed by atoms with Crippen LogP contribution in [0.15, 0.2) is 36.0 Å². The molecule has 17 heavy (non-hydrogen) atoms. The van der Waals surface area contributed by atoms with Crippen LogP contribution < -0.4 is 0 Å². The number of hydrogen-bond donors (Lipinski definition) is 0. The third-order valence-corrected chi connectivity index (χ3v) is 3.03. The van der Waals surface area contributed by atoms with Gasteiger partial charge < -0.3 is 0 Å². The van der Waals surface area contributed by atoms with Crippen molar-refractivity contribution >= 4 is 22.0 Å². The van der Waals surface area contributed by atoms with Crippen molar-refractivity contribution in [2.45, 2.75) is 0 Å². The Kier molecular flexibility index (Phi) is 2.12. The summed E-state index contributed by atoms with van der Waals surface area (Å²) in [5.74, 6) is 0. The number of nitro benzene ring substituents is 1. The molecule has 0 radical (unpaired) electrons. The zero-order chi connectivity index (χ0) is 11.8. The first-order valence-electron chi connectivity index (χ1n) is 4.78. The van der Waals surface area contributed by atoms with E-state index in [1.54, 1.807) is 28.4 Å². The molecule has 0 aliphatic carbocycles. The smallest absolute Gasteiger partial charge is 0.258 e. The summed E-state index contributed by atoms with van der Waals surface area (Å²) in [6.45, 7) is 0. The van der Waals surface area contributed by atoms with Crippen LogP contribution in [0.4, 0.5) is 5.69 Å². The summed E-state index contributed by atoms with van der Waals surface area (Å²) < 4.78 is 1.65. The second kappa shape index (κ2) is 3.63. The summed E-state index contributed by atoms with van der Waals surface area (Å²) in [7, 11) is 0. The minimum Gasteiger partial charge on any atom is -0.258 e. The Morgan fingerprint density at radius 1 is 1.41 bits per heavy atom. The fraction of sp³-hybridized carbons (Fsp3) is 0. The van der Waals surface area contributed by atoms with Crippen LogP contribution in [0.2, 0.25) is 0 Å². The normalized spacial score (nSPS) is 10.8. The number of aromatic nitrogens is 3. The lowest BCUT2D eigenvalue weighted by Gasteiger charge is -1.95. The van der Waals surface area contributed by atoms with E-state index in [0.717, 1.165) is 10.5 Å². The van der Waals surface area contributed by atoms with Gasteiger partial charge in [0.05, 0.1) is 16.8 Å². The van der Waals surface area contributed by atoms with Crippen molar-refractivity contribution < 1.29 is 4.92 Å². The number of rotatable bonds is 2. The van der Waals surface area contributed by atoms with E-state index in [1.165, 1.54) is 23.5 Å². The Hall–Kier alpha value is -2.28. The number of non-ortho nitro benzene ring substituents is 1. The minimum absolute atomic E-state index is 0.0619. The lowest BCUT2D eigenvalue weighted by atomic mass is 10.1. The third-order valence-electron chi connectivity index (χ3n) is 2.34. The number of nitro groups is 1. The molecule has 3 rings (SSSR count). The van der Waals surface area contributed by atoms with Crippen molar-refractivity contribution in [2.24, 2.45) is 0 Å². The molecule has 7 heteroatoms. The van der Waals surface area contributed by atoms with E-state index in [0.29, 0.717) is 5.69 Å². The molecule has 2 aromatic heterocycles. The molecule has 3 aromatic rings. The molecule has 0 fully saturated rings. The Labute approximate surface area is 99.3 Å². The summed E-state index contributed by atoms with van der Waals surface area (Å²) in [6.07, 6.45) is 1.75. The monoisotopic (exact) mass is 246 g/mol. The predicted molar refractivity (Wildman–Crippen MR) is 63.0 cm³/mol. The van der Waals surface area contributed by atoms with Crippen molar-refractivity contribution in [3.63, 3.8) is 0 Å². The lowest BCUT2D eigenvalue weighted by Crippen LogP contribution is -1.88. The molecule has 0 N–H and O–H groups in total. The third kappa shape index (κ3) is 1.66. The highest BCUT2D eigenvalue weighted by atomic mass is 32.1. The number of benzene rings is 1. The molecular formula is C10H6N4O2S. The largest absolute Gasteiger partial charge is 0.270 e. The standard InChI is InChI=1S/C10H6N4O2S/c15-14(16)8-3-1-2-7(4-8)9-5-13-10(12-9)17-6-11-13/h1-6H. The fourth-order valence-electron chi connectivity index (χ4n) is 1.56. The van der Waals surface area contributed by atoms with Crippen LogP contribution in [0.5, 0.6) is 0 Å². The molecule has 0 aliphatic rings. The molecule has 0 unspecified atom stereocenters. The predicted octanol–water partition coefficient (Wildman–Crippen LogP) is 2.37. The van der Waals surface area contributed by atoms with Gasteiger partial charge in [-0.2, -0.15) is 5.10 Å². The summed E-state index contributed by atoms with van der Waals surface area (Å²) in [6, 6.07) is 6.40. The van der Waals surface area contributed by atoms with Crippen LogP contribution >= 0.6 is 11.3 Å². The first-order valence-corrected chi connectivity index (χ1v) is 5.66. The van der Waals surface area contributed by atoms with E-state index in [4.69, 9.17) is 0 Å². The molecule has 0 aliphatic heterocycles. The molecule has 0 saturated carbocycles. The average Bonchev–Trinajstić information content (AvgIpc) is 2.89. The van der Waals surface area contributed by atoms with Gasteiger partial charge in [-0.05, 0) is 0 Å². The maximum Gasteiger partial charge on any atom is 0.270 e. The van der Waals surface area contributed by atoms with Gasteiger partial charge in [-0.3, -0.25) is 10.1 Å². The quantitative estimate of drug-likeness (QED) is 0.514. The zero-order valence-corrected chi connectivity index (χ0v) is 9.29. The van der Waals surface area contributed by atoms with Gasteiger partial charge in [-0.15, -0.1) is 0 Å². The van der Waals surface area contributed by atoms with E-state index in [9.17, 15) is 10.1 Å². The van der Waals surface area contributed by atoms with Gasteiger partial charge in [0.1, 0.15) is 5.51 Å². The van der Waals surface area contributed by atoms with Crippen molar-refractivity contribution in [3.05, 3.63) is 46.1 Å². The SMILES string of the molecule is O=[N+]([O-])c1cccc(-c2cn3ncsc3n2)c1. The van der Waals surface area contributed by atoms with E-state index >= 15 is 0 Å². The highest BCUT2D eigenvalue weighted by molar-refractivity contribution is 7.14. The van der Waals surface area contributed by atoms with Gasteiger partial charge in [0.15, 0.2) is 0 Å². The second-order valence-electron chi connectivity index (χ2n) is 3.40. The molecule has 0 amide bonds. The number of fused-ring (bicyclic) bond motifs is 1. The highest BCUT2D eigenvalue weighted by Gasteiger charge is 2.10. The van der Waals surface area contributed by atoms with Crippen molar-refractivity contribution in [1.29, 1.82) is 0 Å². The summed E-state index contributed by atoms with van der Waals surface area (Å²) >= 11 is 1.42. The molecule has 2 heterocycles. The molecule has 0 bridgehead atoms. The molecule has 0 saturated heterocycles. The van der Waals surface area contributed by atoms with Crippen LogP contribution in [-0.4, -0.2) is 19.5 Å². The molecular weight excluding hydrogens is 240 g/mol. The summed E-state index contributed by atoms with van der Waals surface area (Å²) in [5.41, 5.74) is 3.16. The first-order chi connectivity index (χ1) is 8.24. The number of nitrogens with zero attached hydrogens (tertiary/aromatic N) is 4. The van der Waals surface area contributed by atoms with Gasteiger partial charge in [0, 0.05) is 17.7 Å². The molecule has 0 spiro atoms. The van der Waals surface area contributed by atoms with Gasteiger partial charge in [-0.25, -0.2) is 9.50 Å². The Morgan fingerprint density at radius 2 is 2.29 bits per heavy atom. The molecule has 6 nitrogen and oxygen atoms in total. The average molecular weight is 246 g/mol. The fourth-order valence-corrected chi connectivity index (χ4v) is 2.16. The Balaban J connectivity index is 2.12. The number of hydrogen-bond acceptors (Lipinski definition) is 5. The van der Waals surface area contributed by atoms with Crippen LogP contribution in [0.25, 0.3) is 16.2 Å². The maximum atomic E-state index is 10.7. The van der Waals surface area contributed by atoms with E-state index in [-0.39, 0.29) is 5.69 Å². The van der Waals surface area contributed by atoms with Crippen molar-refractivity contribution in [3.8, 4) is 11.3 Å². The highest BCUT2D eigenvalue weighted by Crippen LogP contribution is 2.24. The summed E-state index contributed by atoms with van der Waals surface area (Å²) in [4.78, 5) is 15.4. The van der Waals surface area contributed by atoms with Crippen LogP contribution in [0.3, 0.4) is 0 Å². The van der Waals surface area contributed by atoms with Gasteiger partial charge in [-0.1, -0.05) is 23.5 Å². The van der Waals surface area contributed by atoms with Crippen LogP contribution in [0.1, 0.15) is 0 Å². The van der Waals surface area contributed by atoms with E-state index < -0.39 is 4.92 Å². The second-order valence-corrected chi connectivity index (χ2v) is 4.21. The molecule has 0 atom stereocenters. The zero-order valence-electron chi connectivity index (χ0n) is 8.48. The van der Waals surface area contributed by atoms with Gasteiger partial charge in [0.25, 0.3) is 5.69 Å². The van der Waals surface area contributed by atoms with Crippen LogP contribution in [-0.2, 0) is 0 Å². The van der Waals surface area contributed by atoms with Gasteiger partial charge in [0.2, 0.25) is 4.96 Å². The minimum atomic E-state index is -0.416. The van der Waals surface area contributed by atoms with E-state index in [2.05, 4.69) is 10.1 Å². The van der Waals surface area contributed by atoms with Crippen molar-refractivity contribution in [2.75, 3.05) is 0 Å². The van der Waals surface area contributed by atoms with E-state index in [1.807, 2.05) is 0 Å². The Bertz CT molecular complexity index is 674. The van der Waals surface area contributed by atoms with Crippen LogP contribution in [0, 0.1) is 10.1 Å². The maximum absolute atomic E-state index is 10.7. The molecule has 1 aromatic carbocycles. The lowest BCUT2D eigenvalue weighted by molar-refractivity contribution is -0.384. The van der Waals surface area contributed by atoms with Crippen molar-refractivity contribution in [1.82, 2.24) is 14.6 Å². The summed E-state index contributed by atoms with van der Waals surface area (Å²) in [5, 5.41) is 14.7.